The molecule has 8 nitrogen and oxygen atoms in total. The first-order chi connectivity index (χ1) is 16.1. The second-order valence-electron chi connectivity index (χ2n) is 8.44. The van der Waals surface area contributed by atoms with Gasteiger partial charge in [-0.1, -0.05) is 6.42 Å². The van der Waals surface area contributed by atoms with Gasteiger partial charge in [-0.05, 0) is 25.7 Å². The first-order valence-corrected chi connectivity index (χ1v) is 10.9. The number of aliphatic carboxylic acids is 1. The first kappa shape index (κ1) is 25.4. The fourth-order valence-corrected chi connectivity index (χ4v) is 3.91. The number of carboxylic acids is 1. The maximum atomic E-state index is 13.7. The van der Waals surface area contributed by atoms with Gasteiger partial charge in [0.25, 0.3) is 0 Å². The molecule has 1 saturated heterocycles. The van der Waals surface area contributed by atoms with Crippen molar-refractivity contribution >= 4 is 23.6 Å². The Kier molecular flexibility index (Phi) is 8.11. The van der Waals surface area contributed by atoms with Crippen LogP contribution >= 0.6 is 0 Å². The van der Waals surface area contributed by atoms with E-state index in [1.54, 1.807) is 4.90 Å². The summed E-state index contributed by atoms with van der Waals surface area (Å²) in [6.45, 7) is -0.418. The summed E-state index contributed by atoms with van der Waals surface area (Å²) in [7, 11) is 0. The summed E-state index contributed by atoms with van der Waals surface area (Å²) < 4.78 is 58.6. The number of rotatable bonds is 9. The molecule has 0 unspecified atom stereocenters. The van der Waals surface area contributed by atoms with Gasteiger partial charge in [0.1, 0.15) is 12.6 Å². The Morgan fingerprint density at radius 1 is 1.00 bits per heavy atom. The van der Waals surface area contributed by atoms with Crippen LogP contribution in [0.2, 0.25) is 0 Å². The third kappa shape index (κ3) is 5.84. The highest BCUT2D eigenvalue weighted by atomic mass is 19.2. The van der Waals surface area contributed by atoms with E-state index in [-0.39, 0.29) is 17.9 Å². The average molecular weight is 488 g/mol. The standard InChI is InChI=1S/C22H24F4N2O6/c23-13-8-14(24)19(26)20(18(13)25)34-10-16(29)15(9-17(30)31)27-21(32)11-4-6-28(7-5-11)22(33)12-2-1-3-12/h8,11-12,15H,1-7,9-10H2,(H,27,32)(H,30,31)/t15-/m0/s1. The molecule has 0 spiro atoms. The van der Waals surface area contributed by atoms with E-state index >= 15 is 0 Å². The molecule has 0 radical (unpaired) electrons. The van der Waals surface area contributed by atoms with Crippen LogP contribution in [0.25, 0.3) is 0 Å². The third-order valence-corrected chi connectivity index (χ3v) is 6.15. The van der Waals surface area contributed by atoms with Gasteiger partial charge in [-0.3, -0.25) is 19.2 Å². The van der Waals surface area contributed by atoms with Gasteiger partial charge in [-0.2, -0.15) is 8.78 Å². The van der Waals surface area contributed by atoms with E-state index < -0.39 is 71.7 Å². The molecular formula is C22H24F4N2O6. The van der Waals surface area contributed by atoms with E-state index in [1.165, 1.54) is 0 Å². The molecule has 1 heterocycles. The molecular weight excluding hydrogens is 464 g/mol. The SMILES string of the molecule is O=C(O)C[C@H](NC(=O)C1CCN(C(=O)C2CCC2)CC1)C(=O)COc1c(F)c(F)cc(F)c1F. The second-order valence-corrected chi connectivity index (χ2v) is 8.44. The number of nitrogens with zero attached hydrogens (tertiary/aromatic N) is 1. The normalized spacial score (nSPS) is 17.6. The van der Waals surface area contributed by atoms with Crippen molar-refractivity contribution < 1.29 is 46.6 Å². The Bertz CT molecular complexity index is 950. The van der Waals surface area contributed by atoms with Crippen molar-refractivity contribution in [1.29, 1.82) is 0 Å². The van der Waals surface area contributed by atoms with Gasteiger partial charge >= 0.3 is 5.97 Å². The van der Waals surface area contributed by atoms with Crippen LogP contribution in [0.3, 0.4) is 0 Å². The molecule has 1 saturated carbocycles. The Balaban J connectivity index is 1.58. The number of hydrogen-bond donors (Lipinski definition) is 2. The molecule has 1 atom stereocenters. The number of benzene rings is 1. The fraction of sp³-hybridized carbons (Fsp3) is 0.545. The van der Waals surface area contributed by atoms with Gasteiger partial charge in [-0.25, -0.2) is 8.78 Å². The molecule has 1 aliphatic carbocycles. The summed E-state index contributed by atoms with van der Waals surface area (Å²) >= 11 is 0. The van der Waals surface area contributed by atoms with Crippen LogP contribution in [0.15, 0.2) is 6.07 Å². The number of piperidine rings is 1. The number of carbonyl (C=O) groups excluding carboxylic acids is 3. The van der Waals surface area contributed by atoms with E-state index in [2.05, 4.69) is 10.1 Å². The topological polar surface area (TPSA) is 113 Å². The van der Waals surface area contributed by atoms with Crippen LogP contribution in [-0.2, 0) is 19.2 Å². The van der Waals surface area contributed by atoms with Crippen LogP contribution in [0, 0.1) is 35.1 Å². The minimum Gasteiger partial charge on any atom is -0.481 e. The molecule has 186 valence electrons. The lowest BCUT2D eigenvalue weighted by molar-refractivity contribution is -0.143. The highest BCUT2D eigenvalue weighted by Gasteiger charge is 2.35. The molecule has 2 aliphatic rings. The monoisotopic (exact) mass is 488 g/mol. The Hall–Kier alpha value is -3.18. The van der Waals surface area contributed by atoms with Crippen LogP contribution in [-0.4, -0.2) is 59.3 Å². The predicted octanol–water partition coefficient (Wildman–Crippen LogP) is 2.19. The summed E-state index contributed by atoms with van der Waals surface area (Å²) in [5.74, 6) is -12.2. The van der Waals surface area contributed by atoms with Gasteiger partial charge in [0, 0.05) is 31.0 Å². The predicted molar refractivity (Wildman–Crippen MR) is 108 cm³/mol. The fourth-order valence-electron chi connectivity index (χ4n) is 3.91. The summed E-state index contributed by atoms with van der Waals surface area (Å²) in [5, 5.41) is 11.4. The molecule has 2 fully saturated rings. The summed E-state index contributed by atoms with van der Waals surface area (Å²) in [6.07, 6.45) is 2.55. The van der Waals surface area contributed by atoms with Gasteiger partial charge in [-0.15, -0.1) is 0 Å². The number of likely N-dealkylation sites (tertiary alicyclic amines) is 1. The lowest BCUT2D eigenvalue weighted by atomic mass is 9.83. The zero-order chi connectivity index (χ0) is 25.0. The Labute approximate surface area is 192 Å². The van der Waals surface area contributed by atoms with E-state index in [1.807, 2.05) is 0 Å². The lowest BCUT2D eigenvalue weighted by Gasteiger charge is -2.36. The van der Waals surface area contributed by atoms with Gasteiger partial charge in [0.05, 0.1) is 6.42 Å². The van der Waals surface area contributed by atoms with Crippen molar-refractivity contribution in [3.05, 3.63) is 29.3 Å². The molecule has 1 aromatic rings. The maximum absolute atomic E-state index is 13.7. The summed E-state index contributed by atoms with van der Waals surface area (Å²) in [5.41, 5.74) is 0. The highest BCUT2D eigenvalue weighted by molar-refractivity contribution is 5.93. The third-order valence-electron chi connectivity index (χ3n) is 6.15. The molecule has 1 aliphatic heterocycles. The van der Waals surface area contributed by atoms with Crippen molar-refractivity contribution in [3.8, 4) is 5.75 Å². The molecule has 2 amide bonds. The lowest BCUT2D eigenvalue weighted by Crippen LogP contribution is -2.50. The zero-order valence-corrected chi connectivity index (χ0v) is 18.1. The minimum atomic E-state index is -1.85. The number of nitrogens with one attached hydrogen (secondary N) is 1. The van der Waals surface area contributed by atoms with Crippen molar-refractivity contribution in [1.82, 2.24) is 10.2 Å². The zero-order valence-electron chi connectivity index (χ0n) is 18.1. The van der Waals surface area contributed by atoms with Crippen LogP contribution < -0.4 is 10.1 Å². The first-order valence-electron chi connectivity index (χ1n) is 10.9. The molecule has 12 heteroatoms. The van der Waals surface area contributed by atoms with Crippen molar-refractivity contribution in [2.75, 3.05) is 19.7 Å². The number of ether oxygens (including phenoxy) is 1. The number of ketones is 1. The maximum Gasteiger partial charge on any atom is 0.305 e. The van der Waals surface area contributed by atoms with Crippen LogP contribution in [0.4, 0.5) is 17.6 Å². The van der Waals surface area contributed by atoms with Crippen molar-refractivity contribution in [3.63, 3.8) is 0 Å². The van der Waals surface area contributed by atoms with Gasteiger partial charge in [0.2, 0.25) is 23.4 Å². The quantitative estimate of drug-likeness (QED) is 0.407. The van der Waals surface area contributed by atoms with Crippen LogP contribution in [0.1, 0.15) is 38.5 Å². The van der Waals surface area contributed by atoms with E-state index in [0.717, 1.165) is 19.3 Å². The second kappa shape index (κ2) is 10.8. The molecule has 0 aromatic heterocycles. The number of carboxylic acid groups (broad SMARTS) is 1. The summed E-state index contributed by atoms with van der Waals surface area (Å²) in [6, 6.07) is -1.62. The average Bonchev–Trinajstić information content (AvgIpc) is 2.75. The number of halogens is 4. The smallest absolute Gasteiger partial charge is 0.305 e. The van der Waals surface area contributed by atoms with Gasteiger partial charge in [0.15, 0.2) is 23.2 Å². The van der Waals surface area contributed by atoms with Crippen molar-refractivity contribution in [2.45, 2.75) is 44.6 Å². The number of amides is 2. The van der Waals surface area contributed by atoms with Gasteiger partial charge < -0.3 is 20.1 Å². The van der Waals surface area contributed by atoms with E-state index in [4.69, 9.17) is 5.11 Å². The largest absolute Gasteiger partial charge is 0.481 e. The summed E-state index contributed by atoms with van der Waals surface area (Å²) in [4.78, 5) is 50.2. The van der Waals surface area contributed by atoms with Crippen molar-refractivity contribution in [2.24, 2.45) is 11.8 Å². The van der Waals surface area contributed by atoms with E-state index in [0.29, 0.717) is 25.9 Å². The van der Waals surface area contributed by atoms with E-state index in [9.17, 15) is 36.7 Å². The molecule has 0 bridgehead atoms. The number of hydrogen-bond acceptors (Lipinski definition) is 5. The molecule has 3 rings (SSSR count). The molecule has 1 aromatic carbocycles. The highest BCUT2D eigenvalue weighted by Crippen LogP contribution is 2.30. The number of carbonyl (C=O) groups is 4. The molecule has 2 N–H and O–H groups in total. The minimum absolute atomic E-state index is 0.0299. The molecule has 34 heavy (non-hydrogen) atoms. The Morgan fingerprint density at radius 2 is 1.59 bits per heavy atom. The Morgan fingerprint density at radius 3 is 2.09 bits per heavy atom. The van der Waals surface area contributed by atoms with Crippen LogP contribution in [0.5, 0.6) is 5.75 Å². The number of Topliss-reactive ketones (excluding diaryl/α,β-unsaturated/α-hetero) is 1.